The molecule has 0 saturated carbocycles. The molecule has 1 aliphatic heterocycles. The molecule has 1 aromatic heterocycles. The van der Waals surface area contributed by atoms with Gasteiger partial charge in [0, 0.05) is 36.6 Å². The standard InChI is InChI=1S/C16H17ClN4O2S/c1-10-3-6-15-11(2)20(8-7-19(10)15)16(24)18-14-9-12(21(22)23)4-5-13(14)17/h3-6,9,11H,7-8H2,1-2H3,(H,18,24)/t11-/m1/s1. The minimum atomic E-state index is -0.455. The lowest BCUT2D eigenvalue weighted by Crippen LogP contribution is -2.43. The predicted molar refractivity (Wildman–Crippen MR) is 98.6 cm³/mol. The summed E-state index contributed by atoms with van der Waals surface area (Å²) in [5.74, 6) is 0. The molecule has 0 unspecified atom stereocenters. The molecule has 1 N–H and O–H groups in total. The van der Waals surface area contributed by atoms with Crippen LogP contribution < -0.4 is 5.32 Å². The molecule has 2 heterocycles. The predicted octanol–water partition coefficient (Wildman–Crippen LogP) is 4.13. The van der Waals surface area contributed by atoms with E-state index in [4.69, 9.17) is 23.8 Å². The zero-order valence-electron chi connectivity index (χ0n) is 13.3. The Morgan fingerprint density at radius 3 is 2.83 bits per heavy atom. The molecule has 1 aliphatic rings. The van der Waals surface area contributed by atoms with Gasteiger partial charge in [-0.05, 0) is 44.3 Å². The number of fused-ring (bicyclic) bond motifs is 1. The fourth-order valence-electron chi connectivity index (χ4n) is 3.01. The van der Waals surface area contributed by atoms with Crippen molar-refractivity contribution in [3.63, 3.8) is 0 Å². The summed E-state index contributed by atoms with van der Waals surface area (Å²) >= 11 is 11.7. The Kier molecular flexibility index (Phi) is 4.47. The maximum atomic E-state index is 10.9. The van der Waals surface area contributed by atoms with Crippen LogP contribution in [0.3, 0.4) is 0 Å². The summed E-state index contributed by atoms with van der Waals surface area (Å²) < 4.78 is 2.28. The van der Waals surface area contributed by atoms with Gasteiger partial charge in [0.05, 0.1) is 21.7 Å². The number of hydrogen-bond acceptors (Lipinski definition) is 3. The molecule has 0 saturated heterocycles. The van der Waals surface area contributed by atoms with Crippen LogP contribution in [0.4, 0.5) is 11.4 Å². The van der Waals surface area contributed by atoms with E-state index < -0.39 is 4.92 Å². The molecule has 0 spiro atoms. The first-order chi connectivity index (χ1) is 11.4. The van der Waals surface area contributed by atoms with Crippen molar-refractivity contribution < 1.29 is 4.92 Å². The summed E-state index contributed by atoms with van der Waals surface area (Å²) in [5.41, 5.74) is 2.85. The first kappa shape index (κ1) is 16.7. The van der Waals surface area contributed by atoms with Gasteiger partial charge >= 0.3 is 0 Å². The lowest BCUT2D eigenvalue weighted by atomic mass is 10.1. The zero-order valence-corrected chi connectivity index (χ0v) is 14.9. The van der Waals surface area contributed by atoms with E-state index in [2.05, 4.69) is 40.8 Å². The molecule has 0 radical (unpaired) electrons. The van der Waals surface area contributed by atoms with Gasteiger partial charge in [0.25, 0.3) is 5.69 Å². The van der Waals surface area contributed by atoms with Crippen molar-refractivity contribution in [1.29, 1.82) is 0 Å². The Labute approximate surface area is 150 Å². The molecule has 1 aromatic carbocycles. The van der Waals surface area contributed by atoms with Crippen LogP contribution in [-0.2, 0) is 6.54 Å². The van der Waals surface area contributed by atoms with E-state index in [1.807, 2.05) is 0 Å². The fraction of sp³-hybridized carbons (Fsp3) is 0.312. The third kappa shape index (κ3) is 2.97. The summed E-state index contributed by atoms with van der Waals surface area (Å²) in [7, 11) is 0. The van der Waals surface area contributed by atoms with Crippen LogP contribution in [0.15, 0.2) is 30.3 Å². The van der Waals surface area contributed by atoms with Gasteiger partial charge in [-0.15, -0.1) is 0 Å². The van der Waals surface area contributed by atoms with Crippen molar-refractivity contribution in [2.45, 2.75) is 26.4 Å². The molecule has 1 atom stereocenters. The highest BCUT2D eigenvalue weighted by atomic mass is 35.5. The third-order valence-electron chi connectivity index (χ3n) is 4.36. The largest absolute Gasteiger partial charge is 0.345 e. The lowest BCUT2D eigenvalue weighted by molar-refractivity contribution is -0.384. The molecule has 0 fully saturated rings. The van der Waals surface area contributed by atoms with Gasteiger partial charge in [-0.2, -0.15) is 0 Å². The minimum Gasteiger partial charge on any atom is -0.345 e. The number of hydrogen-bond donors (Lipinski definition) is 1. The molecule has 0 amide bonds. The molecule has 24 heavy (non-hydrogen) atoms. The number of halogens is 1. The molecule has 0 bridgehead atoms. The van der Waals surface area contributed by atoms with E-state index in [9.17, 15) is 10.1 Å². The van der Waals surface area contributed by atoms with E-state index in [0.717, 1.165) is 13.1 Å². The summed E-state index contributed by atoms with van der Waals surface area (Å²) in [5, 5.41) is 14.9. The first-order valence-electron chi connectivity index (χ1n) is 7.56. The van der Waals surface area contributed by atoms with Crippen LogP contribution in [0.5, 0.6) is 0 Å². The Hall–Kier alpha value is -2.12. The molecular weight excluding hydrogens is 348 g/mol. The SMILES string of the molecule is Cc1ccc2n1CCN(C(=S)Nc1cc([N+](=O)[O-])ccc1Cl)[C@@H]2C. The summed E-state index contributed by atoms with van der Waals surface area (Å²) in [4.78, 5) is 12.5. The second-order valence-corrected chi connectivity index (χ2v) is 6.57. The van der Waals surface area contributed by atoms with Gasteiger partial charge in [0.1, 0.15) is 0 Å². The van der Waals surface area contributed by atoms with E-state index >= 15 is 0 Å². The highest BCUT2D eigenvalue weighted by molar-refractivity contribution is 7.80. The van der Waals surface area contributed by atoms with Crippen LogP contribution in [0.1, 0.15) is 24.4 Å². The minimum absolute atomic E-state index is 0.0270. The zero-order chi connectivity index (χ0) is 17.4. The van der Waals surface area contributed by atoms with Gasteiger partial charge in [-0.25, -0.2) is 0 Å². The van der Waals surface area contributed by atoms with Crippen LogP contribution in [-0.4, -0.2) is 26.0 Å². The van der Waals surface area contributed by atoms with Gasteiger partial charge < -0.3 is 14.8 Å². The normalized spacial score (nSPS) is 16.6. The number of thiocarbonyl (C=S) groups is 1. The summed E-state index contributed by atoms with van der Waals surface area (Å²) in [6, 6.07) is 8.59. The molecule has 8 heteroatoms. The monoisotopic (exact) mass is 364 g/mol. The van der Waals surface area contributed by atoms with Gasteiger partial charge in [-0.1, -0.05) is 11.6 Å². The second kappa shape index (κ2) is 6.41. The number of aryl methyl sites for hydroxylation is 1. The number of nitrogens with one attached hydrogen (secondary N) is 1. The Bertz CT molecular complexity index is 820. The lowest BCUT2D eigenvalue weighted by Gasteiger charge is -2.37. The fourth-order valence-corrected chi connectivity index (χ4v) is 3.53. The maximum absolute atomic E-state index is 10.9. The van der Waals surface area contributed by atoms with E-state index in [0.29, 0.717) is 15.8 Å². The van der Waals surface area contributed by atoms with Crippen molar-refractivity contribution in [3.05, 3.63) is 56.9 Å². The summed E-state index contributed by atoms with van der Waals surface area (Å²) in [6.45, 7) is 5.80. The number of nitro groups is 1. The van der Waals surface area contributed by atoms with Gasteiger partial charge in [0.15, 0.2) is 5.11 Å². The molecule has 126 valence electrons. The average molecular weight is 365 g/mol. The average Bonchev–Trinajstić information content (AvgIpc) is 2.92. The highest BCUT2D eigenvalue weighted by Crippen LogP contribution is 2.30. The maximum Gasteiger partial charge on any atom is 0.271 e. The third-order valence-corrected chi connectivity index (χ3v) is 5.02. The van der Waals surface area contributed by atoms with Gasteiger partial charge in [0.2, 0.25) is 0 Å². The Balaban J connectivity index is 1.81. The number of nitrogens with zero attached hydrogens (tertiary/aromatic N) is 3. The highest BCUT2D eigenvalue weighted by Gasteiger charge is 2.27. The summed E-state index contributed by atoms with van der Waals surface area (Å²) in [6.07, 6.45) is 0. The van der Waals surface area contributed by atoms with E-state index in [1.54, 1.807) is 0 Å². The van der Waals surface area contributed by atoms with Crippen LogP contribution in [0, 0.1) is 17.0 Å². The number of anilines is 1. The van der Waals surface area contributed by atoms with Crippen molar-refractivity contribution in [2.24, 2.45) is 0 Å². The van der Waals surface area contributed by atoms with Crippen molar-refractivity contribution in [2.75, 3.05) is 11.9 Å². The van der Waals surface area contributed by atoms with Gasteiger partial charge in [-0.3, -0.25) is 10.1 Å². The van der Waals surface area contributed by atoms with Crippen molar-refractivity contribution in [3.8, 4) is 0 Å². The quantitative estimate of drug-likeness (QED) is 0.493. The molecule has 3 rings (SSSR count). The van der Waals surface area contributed by atoms with Crippen LogP contribution in [0.25, 0.3) is 0 Å². The van der Waals surface area contributed by atoms with Crippen LogP contribution in [0.2, 0.25) is 5.02 Å². The topological polar surface area (TPSA) is 63.3 Å². The number of non-ortho nitro benzene ring substituents is 1. The van der Waals surface area contributed by atoms with Crippen molar-refractivity contribution >= 4 is 40.3 Å². The Morgan fingerprint density at radius 2 is 2.12 bits per heavy atom. The number of nitro benzene ring substituents is 1. The molecule has 6 nitrogen and oxygen atoms in total. The number of aromatic nitrogens is 1. The van der Waals surface area contributed by atoms with Crippen molar-refractivity contribution in [1.82, 2.24) is 9.47 Å². The molecule has 0 aliphatic carbocycles. The van der Waals surface area contributed by atoms with E-state index in [-0.39, 0.29) is 11.7 Å². The number of benzene rings is 1. The first-order valence-corrected chi connectivity index (χ1v) is 8.34. The number of rotatable bonds is 2. The van der Waals surface area contributed by atoms with Crippen LogP contribution >= 0.6 is 23.8 Å². The molecular formula is C16H17ClN4O2S. The second-order valence-electron chi connectivity index (χ2n) is 5.77. The Morgan fingerprint density at radius 1 is 1.38 bits per heavy atom. The molecule has 2 aromatic rings. The van der Waals surface area contributed by atoms with E-state index in [1.165, 1.54) is 29.6 Å². The smallest absolute Gasteiger partial charge is 0.271 e.